The van der Waals surface area contributed by atoms with Gasteiger partial charge in [-0.25, -0.2) is 0 Å². The fourth-order valence-electron chi connectivity index (χ4n) is 2.81. The zero-order chi connectivity index (χ0) is 17.8. The number of hydrogen-bond acceptors (Lipinski definition) is 4. The van der Waals surface area contributed by atoms with Crippen LogP contribution in [0.25, 0.3) is 11.1 Å². The second-order valence-corrected chi connectivity index (χ2v) is 6.01. The Hall–Kier alpha value is -3.34. The van der Waals surface area contributed by atoms with E-state index in [1.165, 1.54) is 0 Å². The Kier molecular flexibility index (Phi) is 4.51. The number of nitrogens with one attached hydrogen (secondary N) is 1. The van der Waals surface area contributed by atoms with Gasteiger partial charge in [0.2, 0.25) is 6.10 Å². The molecule has 1 unspecified atom stereocenters. The van der Waals surface area contributed by atoms with Crippen molar-refractivity contribution in [2.75, 3.05) is 6.61 Å². The quantitative estimate of drug-likeness (QED) is 0.788. The first-order chi connectivity index (χ1) is 12.8. The number of fused-ring (bicyclic) bond motifs is 1. The van der Waals surface area contributed by atoms with Gasteiger partial charge in [-0.1, -0.05) is 36.4 Å². The number of carbonyl (C=O) groups excluding carboxylic acids is 1. The summed E-state index contributed by atoms with van der Waals surface area (Å²) in [6.07, 6.45) is 2.91. The van der Waals surface area contributed by atoms with Gasteiger partial charge in [-0.15, -0.1) is 0 Å². The number of hydrogen-bond donors (Lipinski definition) is 1. The van der Waals surface area contributed by atoms with Crippen LogP contribution >= 0.6 is 0 Å². The van der Waals surface area contributed by atoms with Crippen LogP contribution in [-0.2, 0) is 11.3 Å². The molecular weight excluding hydrogens is 328 g/mol. The van der Waals surface area contributed by atoms with Gasteiger partial charge in [-0.2, -0.15) is 0 Å². The number of rotatable bonds is 4. The van der Waals surface area contributed by atoms with Crippen LogP contribution in [0.5, 0.6) is 11.5 Å². The zero-order valence-corrected chi connectivity index (χ0v) is 14.1. The molecule has 2 aromatic carbocycles. The van der Waals surface area contributed by atoms with E-state index in [9.17, 15) is 4.79 Å². The van der Waals surface area contributed by atoms with Crippen molar-refractivity contribution in [1.29, 1.82) is 0 Å². The molecule has 130 valence electrons. The van der Waals surface area contributed by atoms with Gasteiger partial charge in [0.15, 0.2) is 11.5 Å². The number of aromatic nitrogens is 1. The summed E-state index contributed by atoms with van der Waals surface area (Å²) in [6.45, 7) is 0.654. The summed E-state index contributed by atoms with van der Waals surface area (Å²) in [4.78, 5) is 16.4. The minimum atomic E-state index is -0.638. The smallest absolute Gasteiger partial charge is 0.264 e. The van der Waals surface area contributed by atoms with Crippen LogP contribution in [0.2, 0.25) is 0 Å². The molecule has 1 aliphatic rings. The fourth-order valence-corrected chi connectivity index (χ4v) is 2.81. The first-order valence-electron chi connectivity index (χ1n) is 8.45. The maximum Gasteiger partial charge on any atom is 0.264 e. The van der Waals surface area contributed by atoms with E-state index in [-0.39, 0.29) is 12.5 Å². The largest absolute Gasteiger partial charge is 0.485 e. The summed E-state index contributed by atoms with van der Waals surface area (Å²) >= 11 is 0. The molecule has 1 N–H and O–H groups in total. The Bertz CT molecular complexity index is 895. The summed E-state index contributed by atoms with van der Waals surface area (Å²) in [5.74, 6) is 1.08. The van der Waals surface area contributed by atoms with E-state index in [1.54, 1.807) is 18.5 Å². The Labute approximate surface area is 151 Å². The molecule has 1 aromatic heterocycles. The third-order valence-electron chi connectivity index (χ3n) is 4.24. The van der Waals surface area contributed by atoms with Gasteiger partial charge >= 0.3 is 0 Å². The lowest BCUT2D eigenvalue weighted by atomic mass is 10.1. The van der Waals surface area contributed by atoms with Crippen LogP contribution in [0.15, 0.2) is 73.1 Å². The maximum atomic E-state index is 12.3. The van der Waals surface area contributed by atoms with E-state index < -0.39 is 6.10 Å². The second kappa shape index (κ2) is 7.27. The summed E-state index contributed by atoms with van der Waals surface area (Å²) < 4.78 is 11.3. The highest BCUT2D eigenvalue weighted by Gasteiger charge is 2.26. The molecule has 0 saturated carbocycles. The molecule has 26 heavy (non-hydrogen) atoms. The third kappa shape index (κ3) is 3.52. The van der Waals surface area contributed by atoms with Crippen molar-refractivity contribution in [3.63, 3.8) is 0 Å². The number of ether oxygens (including phenoxy) is 2. The van der Waals surface area contributed by atoms with E-state index in [1.807, 2.05) is 54.6 Å². The SMILES string of the molecule is O=C(NCc1ccc(-c2ccncc2)cc1)C1COc2ccccc2O1. The minimum Gasteiger partial charge on any atom is -0.485 e. The normalized spacial score (nSPS) is 15.3. The van der Waals surface area contributed by atoms with E-state index >= 15 is 0 Å². The predicted molar refractivity (Wildman–Crippen MR) is 97.9 cm³/mol. The predicted octanol–water partition coefficient (Wildman–Crippen LogP) is 3.20. The Morgan fingerprint density at radius 1 is 0.962 bits per heavy atom. The van der Waals surface area contributed by atoms with Crippen molar-refractivity contribution in [2.45, 2.75) is 12.6 Å². The lowest BCUT2D eigenvalue weighted by Crippen LogP contribution is -2.43. The van der Waals surface area contributed by atoms with Crippen molar-refractivity contribution in [3.05, 3.63) is 78.6 Å². The topological polar surface area (TPSA) is 60.5 Å². The average Bonchev–Trinajstić information content (AvgIpc) is 2.72. The van der Waals surface area contributed by atoms with Crippen molar-refractivity contribution >= 4 is 5.91 Å². The molecule has 2 heterocycles. The molecule has 0 saturated heterocycles. The monoisotopic (exact) mass is 346 g/mol. The number of pyridine rings is 1. The molecule has 1 amide bonds. The number of benzene rings is 2. The van der Waals surface area contributed by atoms with E-state index in [4.69, 9.17) is 9.47 Å². The van der Waals surface area contributed by atoms with Crippen molar-refractivity contribution in [2.24, 2.45) is 0 Å². The summed E-state index contributed by atoms with van der Waals surface area (Å²) in [5, 5.41) is 2.90. The highest BCUT2D eigenvalue weighted by atomic mass is 16.6. The second-order valence-electron chi connectivity index (χ2n) is 6.01. The molecule has 4 rings (SSSR count). The fraction of sp³-hybridized carbons (Fsp3) is 0.143. The molecule has 0 fully saturated rings. The molecule has 5 nitrogen and oxygen atoms in total. The Balaban J connectivity index is 1.35. The van der Waals surface area contributed by atoms with Gasteiger partial charge in [-0.3, -0.25) is 9.78 Å². The highest BCUT2D eigenvalue weighted by molar-refractivity contribution is 5.81. The summed E-state index contributed by atoms with van der Waals surface area (Å²) in [5.41, 5.74) is 3.25. The van der Waals surface area contributed by atoms with Gasteiger partial charge in [0.25, 0.3) is 5.91 Å². The number of amides is 1. The molecule has 1 aliphatic heterocycles. The van der Waals surface area contributed by atoms with Crippen molar-refractivity contribution in [1.82, 2.24) is 10.3 Å². The lowest BCUT2D eigenvalue weighted by molar-refractivity contribution is -0.130. The molecule has 0 bridgehead atoms. The molecule has 1 atom stereocenters. The van der Waals surface area contributed by atoms with Gasteiger partial charge in [0.1, 0.15) is 6.61 Å². The van der Waals surface area contributed by atoms with Crippen molar-refractivity contribution < 1.29 is 14.3 Å². The molecule has 3 aromatic rings. The van der Waals surface area contributed by atoms with Crippen LogP contribution in [0.1, 0.15) is 5.56 Å². The van der Waals surface area contributed by atoms with Crippen LogP contribution in [0, 0.1) is 0 Å². The average molecular weight is 346 g/mol. The van der Waals surface area contributed by atoms with E-state index in [0.717, 1.165) is 16.7 Å². The Morgan fingerprint density at radius 3 is 2.42 bits per heavy atom. The molecule has 0 radical (unpaired) electrons. The van der Waals surface area contributed by atoms with Gasteiger partial charge in [0.05, 0.1) is 0 Å². The van der Waals surface area contributed by atoms with E-state index in [2.05, 4.69) is 10.3 Å². The van der Waals surface area contributed by atoms with Crippen LogP contribution in [0.3, 0.4) is 0 Å². The summed E-state index contributed by atoms with van der Waals surface area (Å²) in [6, 6.07) is 19.4. The third-order valence-corrected chi connectivity index (χ3v) is 4.24. The first kappa shape index (κ1) is 16.1. The molecule has 0 aliphatic carbocycles. The van der Waals surface area contributed by atoms with Gasteiger partial charge in [0, 0.05) is 18.9 Å². The van der Waals surface area contributed by atoms with Crippen LogP contribution < -0.4 is 14.8 Å². The highest BCUT2D eigenvalue weighted by Crippen LogP contribution is 2.30. The number of para-hydroxylation sites is 2. The molecule has 0 spiro atoms. The minimum absolute atomic E-state index is 0.183. The van der Waals surface area contributed by atoms with E-state index in [0.29, 0.717) is 18.0 Å². The lowest BCUT2D eigenvalue weighted by Gasteiger charge is -2.25. The van der Waals surface area contributed by atoms with Gasteiger partial charge in [-0.05, 0) is 41.0 Å². The Morgan fingerprint density at radius 2 is 1.65 bits per heavy atom. The molecular formula is C21H18N2O3. The number of carbonyl (C=O) groups is 1. The van der Waals surface area contributed by atoms with Crippen LogP contribution in [0.4, 0.5) is 0 Å². The van der Waals surface area contributed by atoms with Crippen LogP contribution in [-0.4, -0.2) is 23.6 Å². The standard InChI is InChI=1S/C21H18N2O3/c24-21(20-14-25-18-3-1-2-4-19(18)26-20)23-13-15-5-7-16(8-6-15)17-9-11-22-12-10-17/h1-12,20H,13-14H2,(H,23,24). The number of nitrogens with zero attached hydrogens (tertiary/aromatic N) is 1. The van der Waals surface area contributed by atoms with Crippen molar-refractivity contribution in [3.8, 4) is 22.6 Å². The first-order valence-corrected chi connectivity index (χ1v) is 8.45. The zero-order valence-electron chi connectivity index (χ0n) is 14.1. The maximum absolute atomic E-state index is 12.3. The summed E-state index contributed by atoms with van der Waals surface area (Å²) in [7, 11) is 0. The van der Waals surface area contributed by atoms with Gasteiger partial charge < -0.3 is 14.8 Å². The molecule has 5 heteroatoms.